The van der Waals surface area contributed by atoms with Gasteiger partial charge in [-0.15, -0.1) is 0 Å². The lowest BCUT2D eigenvalue weighted by molar-refractivity contribution is -0.162. The zero-order chi connectivity index (χ0) is 22.6. The molecule has 0 unspecified atom stereocenters. The second kappa shape index (κ2) is 8.34. The Kier molecular flexibility index (Phi) is 5.66. The second-order valence-electron chi connectivity index (χ2n) is 10.0. The number of amides is 2. The summed E-state index contributed by atoms with van der Waals surface area (Å²) in [5, 5.41) is 0. The molecule has 5 aliphatic rings. The zero-order valence-corrected chi connectivity index (χ0v) is 19.0. The van der Waals surface area contributed by atoms with Gasteiger partial charge in [0.1, 0.15) is 12.1 Å². The van der Waals surface area contributed by atoms with Gasteiger partial charge in [0.15, 0.2) is 0 Å². The van der Waals surface area contributed by atoms with Crippen molar-refractivity contribution in [3.05, 3.63) is 0 Å². The van der Waals surface area contributed by atoms with Gasteiger partial charge in [0.05, 0.1) is 25.0 Å². The molecule has 0 aromatic heterocycles. The van der Waals surface area contributed by atoms with Gasteiger partial charge in [0, 0.05) is 12.1 Å². The van der Waals surface area contributed by atoms with Crippen molar-refractivity contribution >= 4 is 23.8 Å². The molecule has 0 spiro atoms. The lowest BCUT2D eigenvalue weighted by Crippen LogP contribution is -2.64. The van der Waals surface area contributed by atoms with Crippen LogP contribution in [0.2, 0.25) is 0 Å². The fourth-order valence-corrected chi connectivity index (χ4v) is 7.53. The molecule has 5 fully saturated rings. The molecule has 3 heterocycles. The van der Waals surface area contributed by atoms with Gasteiger partial charge >= 0.3 is 11.9 Å². The number of fused-ring (bicyclic) bond motifs is 6. The summed E-state index contributed by atoms with van der Waals surface area (Å²) in [5.74, 6) is -0.813. The largest absolute Gasteiger partial charge is 0.466 e. The average Bonchev–Trinajstić information content (AvgIpc) is 3.37. The van der Waals surface area contributed by atoms with Crippen LogP contribution in [0.4, 0.5) is 0 Å². The van der Waals surface area contributed by atoms with E-state index in [1.807, 2.05) is 23.6 Å². The molecule has 0 aromatic rings. The number of carbonyl (C=O) groups is 4. The van der Waals surface area contributed by atoms with Crippen LogP contribution in [0, 0.1) is 23.7 Å². The van der Waals surface area contributed by atoms with Gasteiger partial charge in [-0.25, -0.2) is 0 Å². The summed E-state index contributed by atoms with van der Waals surface area (Å²) >= 11 is 0. The first kappa shape index (κ1) is 21.7. The molecule has 2 amide bonds. The predicted molar refractivity (Wildman–Crippen MR) is 113 cm³/mol. The maximum Gasteiger partial charge on any atom is 0.309 e. The Morgan fingerprint density at radius 1 is 0.750 bits per heavy atom. The number of ether oxygens (including phenoxy) is 2. The van der Waals surface area contributed by atoms with E-state index in [9.17, 15) is 19.2 Å². The minimum absolute atomic E-state index is 0.00448. The molecule has 0 aromatic carbocycles. The summed E-state index contributed by atoms with van der Waals surface area (Å²) < 4.78 is 10.6. The number of rotatable bonds is 4. The Morgan fingerprint density at radius 2 is 1.16 bits per heavy atom. The normalized spacial score (nSPS) is 40.3. The highest BCUT2D eigenvalue weighted by atomic mass is 16.5. The van der Waals surface area contributed by atoms with Crippen LogP contribution in [0.5, 0.6) is 0 Å². The van der Waals surface area contributed by atoms with Crippen LogP contribution in [0.25, 0.3) is 0 Å². The minimum atomic E-state index is -0.481. The summed E-state index contributed by atoms with van der Waals surface area (Å²) in [4.78, 5) is 56.3. The monoisotopic (exact) mass is 446 g/mol. The molecule has 0 bridgehead atoms. The van der Waals surface area contributed by atoms with Gasteiger partial charge in [-0.3, -0.25) is 19.2 Å². The number of carbonyl (C=O) groups excluding carboxylic acids is 4. The van der Waals surface area contributed by atoms with E-state index < -0.39 is 12.1 Å². The van der Waals surface area contributed by atoms with Gasteiger partial charge in [-0.05, 0) is 64.2 Å². The Labute approximate surface area is 188 Å². The SMILES string of the molecule is CCOC(=O)[C@H]1CCC[C@H]2[C@@H]1C[C@H]1C(=O)N3[C@@H](C[C@@H]4[C@@H](C(=O)OCC)CCC[C@@H]43)C(=O)N12. The van der Waals surface area contributed by atoms with Crippen LogP contribution in [0.15, 0.2) is 0 Å². The van der Waals surface area contributed by atoms with E-state index in [2.05, 4.69) is 0 Å². The second-order valence-corrected chi connectivity index (χ2v) is 10.0. The first-order chi connectivity index (χ1) is 15.5. The third kappa shape index (κ3) is 3.16. The van der Waals surface area contributed by atoms with Crippen LogP contribution >= 0.6 is 0 Å². The highest BCUT2D eigenvalue weighted by molar-refractivity contribution is 5.99. The molecule has 5 rings (SSSR count). The number of piperazine rings is 1. The van der Waals surface area contributed by atoms with Crippen LogP contribution in [0.3, 0.4) is 0 Å². The first-order valence-electron chi connectivity index (χ1n) is 12.5. The molecule has 8 atom stereocenters. The molecule has 2 saturated carbocycles. The van der Waals surface area contributed by atoms with Crippen molar-refractivity contribution in [3.8, 4) is 0 Å². The number of hydrogen-bond donors (Lipinski definition) is 0. The van der Waals surface area contributed by atoms with Crippen LogP contribution < -0.4 is 0 Å². The number of esters is 2. The van der Waals surface area contributed by atoms with E-state index in [4.69, 9.17) is 9.47 Å². The van der Waals surface area contributed by atoms with Crippen molar-refractivity contribution in [2.45, 2.75) is 89.4 Å². The highest BCUT2D eigenvalue weighted by Gasteiger charge is 2.62. The first-order valence-corrected chi connectivity index (χ1v) is 12.5. The molecule has 3 saturated heterocycles. The number of hydrogen-bond acceptors (Lipinski definition) is 6. The molecule has 0 radical (unpaired) electrons. The van der Waals surface area contributed by atoms with E-state index >= 15 is 0 Å². The topological polar surface area (TPSA) is 93.2 Å². The van der Waals surface area contributed by atoms with Crippen molar-refractivity contribution in [2.24, 2.45) is 23.7 Å². The lowest BCUT2D eigenvalue weighted by Gasteiger charge is -2.45. The van der Waals surface area contributed by atoms with Crippen molar-refractivity contribution in [2.75, 3.05) is 13.2 Å². The molecular formula is C24H34N2O6. The highest BCUT2D eigenvalue weighted by Crippen LogP contribution is 2.51. The standard InChI is InChI=1S/C24H34N2O6/c1-3-31-23(29)13-7-5-9-17-15(13)11-19-21(27)26-18-10-6-8-14(24(30)32-4-2)16(18)12-20(26)22(28)25(17)19/h13-20H,3-12H2,1-2H3/t13-,14-,15+,16+,17-,18-,19-,20-/m0/s1. The van der Waals surface area contributed by atoms with Gasteiger partial charge in [-0.1, -0.05) is 12.8 Å². The Balaban J connectivity index is 1.40. The van der Waals surface area contributed by atoms with Crippen molar-refractivity contribution in [3.63, 3.8) is 0 Å². The van der Waals surface area contributed by atoms with E-state index in [1.165, 1.54) is 0 Å². The average molecular weight is 447 g/mol. The van der Waals surface area contributed by atoms with Crippen LogP contribution in [-0.2, 0) is 28.7 Å². The summed E-state index contributed by atoms with van der Waals surface area (Å²) in [6.07, 6.45) is 6.01. The van der Waals surface area contributed by atoms with Crippen LogP contribution in [0.1, 0.15) is 65.2 Å². The number of nitrogens with zero attached hydrogens (tertiary/aromatic N) is 2. The van der Waals surface area contributed by atoms with Crippen molar-refractivity contribution in [1.29, 1.82) is 0 Å². The fraction of sp³-hybridized carbons (Fsp3) is 0.833. The Hall–Kier alpha value is -2.12. The Bertz CT molecular complexity index is 748. The Morgan fingerprint density at radius 3 is 1.53 bits per heavy atom. The van der Waals surface area contributed by atoms with Gasteiger partial charge in [-0.2, -0.15) is 0 Å². The molecule has 0 N–H and O–H groups in total. The molecule has 3 aliphatic heterocycles. The van der Waals surface area contributed by atoms with E-state index in [1.54, 1.807) is 0 Å². The van der Waals surface area contributed by atoms with Crippen molar-refractivity contribution < 1.29 is 28.7 Å². The smallest absolute Gasteiger partial charge is 0.309 e. The van der Waals surface area contributed by atoms with Crippen molar-refractivity contribution in [1.82, 2.24) is 9.80 Å². The minimum Gasteiger partial charge on any atom is -0.466 e. The maximum atomic E-state index is 13.7. The third-order valence-corrected chi connectivity index (χ3v) is 8.69. The summed E-state index contributed by atoms with van der Waals surface area (Å²) in [7, 11) is 0. The van der Waals surface area contributed by atoms with Gasteiger partial charge < -0.3 is 19.3 Å². The van der Waals surface area contributed by atoms with E-state index in [0.717, 1.165) is 38.5 Å². The summed E-state index contributed by atoms with van der Waals surface area (Å²) in [6, 6.07) is -1.09. The van der Waals surface area contributed by atoms with Crippen LogP contribution in [-0.4, -0.2) is 70.9 Å². The summed E-state index contributed by atoms with van der Waals surface area (Å²) in [6.45, 7) is 4.31. The van der Waals surface area contributed by atoms with Gasteiger partial charge in [0.2, 0.25) is 11.8 Å². The molecule has 2 aliphatic carbocycles. The fourth-order valence-electron chi connectivity index (χ4n) is 7.53. The molecule has 176 valence electrons. The van der Waals surface area contributed by atoms with E-state index in [-0.39, 0.29) is 59.5 Å². The lowest BCUT2D eigenvalue weighted by atomic mass is 9.75. The molecular weight excluding hydrogens is 412 g/mol. The molecule has 8 heteroatoms. The van der Waals surface area contributed by atoms with Gasteiger partial charge in [0.25, 0.3) is 0 Å². The summed E-state index contributed by atoms with van der Waals surface area (Å²) in [5.41, 5.74) is 0. The quantitative estimate of drug-likeness (QED) is 0.613. The zero-order valence-electron chi connectivity index (χ0n) is 19.0. The third-order valence-electron chi connectivity index (χ3n) is 8.69. The predicted octanol–water partition coefficient (Wildman–Crippen LogP) is 1.90. The maximum absolute atomic E-state index is 13.7. The molecule has 8 nitrogen and oxygen atoms in total. The molecule has 32 heavy (non-hydrogen) atoms. The van der Waals surface area contributed by atoms with E-state index in [0.29, 0.717) is 26.1 Å².